The Bertz CT molecular complexity index is 1420. The van der Waals surface area contributed by atoms with Crippen LogP contribution >= 0.6 is 0 Å². The zero-order chi connectivity index (χ0) is 29.0. The molecule has 41 heavy (non-hydrogen) atoms. The van der Waals surface area contributed by atoms with Gasteiger partial charge in [0.25, 0.3) is 5.56 Å². The Labute approximate surface area is 237 Å². The number of fused-ring (bicyclic) bond motifs is 1. The standard InChI is InChI=1S/C28H35N7O6/c1-20-17-24(28-32-25(18-26(36)35(28)19-20)34-9-13-40-14-10-34)21(2)31-22-3-5-23(6-4-22)41-27(37)7-11-38-15-16-39-12-8-30-33-29/h3-6,17-19,21,31H,7-16H2,1-2H3. The number of benzene rings is 1. The van der Waals surface area contributed by atoms with E-state index >= 15 is 0 Å². The fourth-order valence-corrected chi connectivity index (χ4v) is 4.39. The fourth-order valence-electron chi connectivity index (χ4n) is 4.39. The molecule has 0 bridgehead atoms. The van der Waals surface area contributed by atoms with E-state index in [2.05, 4.69) is 20.2 Å². The molecule has 0 amide bonds. The number of carbonyl (C=O) groups excluding carboxylic acids is 1. The van der Waals surface area contributed by atoms with Crippen molar-refractivity contribution in [3.05, 3.63) is 74.5 Å². The molecule has 13 nitrogen and oxygen atoms in total. The Kier molecular flexibility index (Phi) is 10.9. The van der Waals surface area contributed by atoms with Gasteiger partial charge in [0.05, 0.1) is 52.1 Å². The first kappa shape index (κ1) is 29.8. The van der Waals surface area contributed by atoms with E-state index in [-0.39, 0.29) is 31.2 Å². The Morgan fingerprint density at radius 2 is 1.88 bits per heavy atom. The molecule has 1 aliphatic rings. The number of ether oxygens (including phenoxy) is 4. The second-order valence-electron chi connectivity index (χ2n) is 9.51. The van der Waals surface area contributed by atoms with Gasteiger partial charge in [-0.25, -0.2) is 4.98 Å². The molecule has 0 spiro atoms. The molecule has 13 heteroatoms. The van der Waals surface area contributed by atoms with Gasteiger partial charge in [0.2, 0.25) is 0 Å². The first-order valence-electron chi connectivity index (χ1n) is 13.5. The summed E-state index contributed by atoms with van der Waals surface area (Å²) in [4.78, 5) is 34.7. The molecule has 1 N–H and O–H groups in total. The van der Waals surface area contributed by atoms with Gasteiger partial charge < -0.3 is 29.2 Å². The molecule has 0 saturated carbocycles. The first-order valence-corrected chi connectivity index (χ1v) is 13.5. The topological polar surface area (TPSA) is 152 Å². The molecule has 0 radical (unpaired) electrons. The van der Waals surface area contributed by atoms with Crippen LogP contribution in [0, 0.1) is 6.92 Å². The van der Waals surface area contributed by atoms with E-state index in [0.29, 0.717) is 63.3 Å². The van der Waals surface area contributed by atoms with Crippen LogP contribution in [0.3, 0.4) is 0 Å². The summed E-state index contributed by atoms with van der Waals surface area (Å²) in [5.41, 5.74) is 11.4. The Balaban J connectivity index is 1.32. The van der Waals surface area contributed by atoms with Gasteiger partial charge in [-0.05, 0) is 55.3 Å². The molecule has 1 aliphatic heterocycles. The van der Waals surface area contributed by atoms with Crippen molar-refractivity contribution in [3.63, 3.8) is 0 Å². The number of rotatable bonds is 14. The molecule has 1 unspecified atom stereocenters. The number of morpholine rings is 1. The lowest BCUT2D eigenvalue weighted by Crippen LogP contribution is -2.37. The van der Waals surface area contributed by atoms with Crippen molar-refractivity contribution in [2.24, 2.45) is 5.11 Å². The maximum absolute atomic E-state index is 13.0. The van der Waals surface area contributed by atoms with Crippen molar-refractivity contribution < 1.29 is 23.7 Å². The molecule has 1 aromatic carbocycles. The molecule has 3 heterocycles. The van der Waals surface area contributed by atoms with Crippen LogP contribution in [0.15, 0.2) is 52.5 Å². The van der Waals surface area contributed by atoms with Crippen molar-refractivity contribution >= 4 is 23.1 Å². The summed E-state index contributed by atoms with van der Waals surface area (Å²) in [5, 5.41) is 6.83. The number of anilines is 2. The summed E-state index contributed by atoms with van der Waals surface area (Å²) < 4.78 is 23.0. The van der Waals surface area contributed by atoms with Crippen molar-refractivity contribution in [2.45, 2.75) is 26.3 Å². The predicted molar refractivity (Wildman–Crippen MR) is 154 cm³/mol. The minimum absolute atomic E-state index is 0.106. The lowest BCUT2D eigenvalue weighted by molar-refractivity contribution is -0.135. The molecular formula is C28H35N7O6. The monoisotopic (exact) mass is 565 g/mol. The first-order chi connectivity index (χ1) is 19.9. The second-order valence-corrected chi connectivity index (χ2v) is 9.51. The number of nitrogens with zero attached hydrogens (tertiary/aromatic N) is 6. The Morgan fingerprint density at radius 1 is 1.15 bits per heavy atom. The van der Waals surface area contributed by atoms with Crippen LogP contribution < -0.4 is 20.5 Å². The zero-order valence-electron chi connectivity index (χ0n) is 23.3. The summed E-state index contributed by atoms with van der Waals surface area (Å²) in [6.07, 6.45) is 1.91. The van der Waals surface area contributed by atoms with Gasteiger partial charge in [-0.15, -0.1) is 0 Å². The normalized spacial score (nSPS) is 14.0. The van der Waals surface area contributed by atoms with E-state index in [1.807, 2.05) is 32.0 Å². The molecule has 2 aromatic heterocycles. The lowest BCUT2D eigenvalue weighted by Gasteiger charge is -2.28. The third-order valence-corrected chi connectivity index (χ3v) is 6.40. The van der Waals surface area contributed by atoms with Crippen LogP contribution in [0.25, 0.3) is 16.1 Å². The number of nitrogens with one attached hydrogen (secondary N) is 1. The summed E-state index contributed by atoms with van der Waals surface area (Å²) in [7, 11) is 0. The largest absolute Gasteiger partial charge is 0.426 e. The number of aryl methyl sites for hydroxylation is 1. The van der Waals surface area contributed by atoms with E-state index in [0.717, 1.165) is 16.8 Å². The second kappa shape index (κ2) is 15.0. The van der Waals surface area contributed by atoms with E-state index in [1.54, 1.807) is 28.8 Å². The third kappa shape index (κ3) is 8.66. The van der Waals surface area contributed by atoms with Gasteiger partial charge in [0.1, 0.15) is 17.2 Å². The highest BCUT2D eigenvalue weighted by Gasteiger charge is 2.18. The number of hydrogen-bond donors (Lipinski definition) is 1. The van der Waals surface area contributed by atoms with Crippen LogP contribution in [-0.2, 0) is 19.0 Å². The summed E-state index contributed by atoms with van der Waals surface area (Å²) in [6.45, 7) is 8.06. The molecule has 4 rings (SSSR count). The third-order valence-electron chi connectivity index (χ3n) is 6.40. The Hall–Kier alpha value is -4.16. The molecular weight excluding hydrogens is 530 g/mol. The van der Waals surface area contributed by atoms with Crippen molar-refractivity contribution in [1.29, 1.82) is 0 Å². The highest BCUT2D eigenvalue weighted by atomic mass is 16.5. The molecule has 1 fully saturated rings. The summed E-state index contributed by atoms with van der Waals surface area (Å²) in [5.74, 6) is 0.684. The predicted octanol–water partition coefficient (Wildman–Crippen LogP) is 3.65. The van der Waals surface area contributed by atoms with Crippen molar-refractivity contribution in [2.75, 3.05) is 69.5 Å². The van der Waals surface area contributed by atoms with Gasteiger partial charge in [-0.2, -0.15) is 0 Å². The molecule has 218 valence electrons. The van der Waals surface area contributed by atoms with Gasteiger partial charge in [-0.1, -0.05) is 5.11 Å². The van der Waals surface area contributed by atoms with Crippen molar-refractivity contribution in [3.8, 4) is 5.75 Å². The van der Waals surface area contributed by atoms with Gasteiger partial charge in [0.15, 0.2) is 0 Å². The highest BCUT2D eigenvalue weighted by molar-refractivity contribution is 5.72. The van der Waals surface area contributed by atoms with E-state index < -0.39 is 5.97 Å². The average Bonchev–Trinajstić information content (AvgIpc) is 2.97. The number of hydrogen-bond acceptors (Lipinski definition) is 10. The van der Waals surface area contributed by atoms with Crippen LogP contribution in [0.5, 0.6) is 5.75 Å². The number of aromatic nitrogens is 2. The van der Waals surface area contributed by atoms with Crippen LogP contribution in [0.1, 0.15) is 30.5 Å². The van der Waals surface area contributed by atoms with Crippen LogP contribution in [-0.4, -0.2) is 74.6 Å². The minimum Gasteiger partial charge on any atom is -0.426 e. The van der Waals surface area contributed by atoms with Crippen LogP contribution in [0.2, 0.25) is 0 Å². The zero-order valence-corrected chi connectivity index (χ0v) is 23.3. The lowest BCUT2D eigenvalue weighted by atomic mass is 10.1. The molecule has 3 aromatic rings. The summed E-state index contributed by atoms with van der Waals surface area (Å²) >= 11 is 0. The molecule has 0 aliphatic carbocycles. The number of azide groups is 1. The quantitative estimate of drug-likeness (QED) is 0.0771. The molecule has 1 atom stereocenters. The van der Waals surface area contributed by atoms with Gasteiger partial charge in [-0.3, -0.25) is 14.0 Å². The minimum atomic E-state index is -0.401. The number of esters is 1. The smallest absolute Gasteiger partial charge is 0.313 e. The number of pyridine rings is 1. The average molecular weight is 566 g/mol. The fraction of sp³-hybridized carbons (Fsp3) is 0.464. The van der Waals surface area contributed by atoms with E-state index in [9.17, 15) is 9.59 Å². The summed E-state index contributed by atoms with van der Waals surface area (Å²) in [6, 6.07) is 10.6. The SMILES string of the molecule is Cc1cc(C(C)Nc2ccc(OC(=O)CCOCCOCCN=[N+]=[N-])cc2)c2nc(N3CCOCC3)cc(=O)n2c1. The van der Waals surface area contributed by atoms with Crippen molar-refractivity contribution in [1.82, 2.24) is 9.38 Å². The Morgan fingerprint density at radius 3 is 2.61 bits per heavy atom. The molecule has 1 saturated heterocycles. The maximum Gasteiger partial charge on any atom is 0.313 e. The maximum atomic E-state index is 13.0. The van der Waals surface area contributed by atoms with E-state index in [1.165, 1.54) is 0 Å². The number of carbonyl (C=O) groups is 1. The van der Waals surface area contributed by atoms with E-state index in [4.69, 9.17) is 29.5 Å². The highest BCUT2D eigenvalue weighted by Crippen LogP contribution is 2.26. The van der Waals surface area contributed by atoms with Gasteiger partial charge >= 0.3 is 5.97 Å². The van der Waals surface area contributed by atoms with Crippen LogP contribution in [0.4, 0.5) is 11.5 Å². The van der Waals surface area contributed by atoms with Gasteiger partial charge in [0, 0.05) is 48.1 Å².